The number of carboxylic acid groups (broad SMARTS) is 1. The van der Waals surface area contributed by atoms with Gasteiger partial charge in [0.1, 0.15) is 6.04 Å². The summed E-state index contributed by atoms with van der Waals surface area (Å²) in [4.78, 5) is 24.0. The lowest BCUT2D eigenvalue weighted by Crippen LogP contribution is -2.50. The number of hydrogen-bond donors (Lipinski definition) is 3. The lowest BCUT2D eigenvalue weighted by atomic mass is 10.1. The molecule has 5 N–H and O–H groups in total. The molecule has 2 atom stereocenters. The Hall–Kier alpha value is -1.14. The molecule has 0 aliphatic carbocycles. The van der Waals surface area contributed by atoms with Crippen molar-refractivity contribution >= 4 is 11.9 Å². The number of likely N-dealkylation sites (N-methyl/N-ethyl adjacent to an activating group) is 1. The van der Waals surface area contributed by atoms with Crippen molar-refractivity contribution in [3.8, 4) is 0 Å². The van der Waals surface area contributed by atoms with Gasteiger partial charge in [-0.1, -0.05) is 6.42 Å². The summed E-state index contributed by atoms with van der Waals surface area (Å²) in [5, 5.41) is 8.88. The minimum Gasteiger partial charge on any atom is -0.480 e. The minimum absolute atomic E-state index is 0.306. The third-order valence-corrected chi connectivity index (χ3v) is 2.74. The van der Waals surface area contributed by atoms with Crippen LogP contribution in [-0.4, -0.2) is 47.1 Å². The van der Waals surface area contributed by atoms with Crippen LogP contribution in [0.15, 0.2) is 0 Å². The molecule has 0 aromatic carbocycles. The molecule has 0 aromatic heterocycles. The van der Waals surface area contributed by atoms with Gasteiger partial charge in [0.05, 0.1) is 6.04 Å². The number of aliphatic carboxylic acids is 1. The van der Waals surface area contributed by atoms with Crippen molar-refractivity contribution < 1.29 is 14.7 Å². The predicted molar refractivity (Wildman–Crippen MR) is 65.4 cm³/mol. The van der Waals surface area contributed by atoms with Gasteiger partial charge in [0.2, 0.25) is 5.91 Å². The molecular weight excluding hydrogens is 222 g/mol. The van der Waals surface area contributed by atoms with Crippen LogP contribution in [0.2, 0.25) is 0 Å². The van der Waals surface area contributed by atoms with E-state index in [1.54, 1.807) is 6.92 Å². The fourth-order valence-electron chi connectivity index (χ4n) is 1.60. The van der Waals surface area contributed by atoms with Crippen LogP contribution in [0.25, 0.3) is 0 Å². The van der Waals surface area contributed by atoms with E-state index in [9.17, 15) is 9.59 Å². The monoisotopic (exact) mass is 245 g/mol. The molecule has 0 unspecified atom stereocenters. The smallest absolute Gasteiger partial charge is 0.326 e. The second kappa shape index (κ2) is 8.03. The van der Waals surface area contributed by atoms with Crippen LogP contribution < -0.4 is 11.5 Å². The van der Waals surface area contributed by atoms with Crippen LogP contribution in [0, 0.1) is 0 Å². The van der Waals surface area contributed by atoms with Crippen molar-refractivity contribution in [2.24, 2.45) is 11.5 Å². The second-order valence-electron chi connectivity index (χ2n) is 4.03. The van der Waals surface area contributed by atoms with Crippen LogP contribution in [0.5, 0.6) is 0 Å². The number of carbonyl (C=O) groups is 2. The summed E-state index contributed by atoms with van der Waals surface area (Å²) < 4.78 is 0. The lowest BCUT2D eigenvalue weighted by Gasteiger charge is -2.27. The summed E-state index contributed by atoms with van der Waals surface area (Å²) in [5.41, 5.74) is 11.1. The van der Waals surface area contributed by atoms with E-state index in [1.807, 2.05) is 0 Å². The maximum Gasteiger partial charge on any atom is 0.326 e. The molecule has 0 aromatic rings. The minimum atomic E-state index is -1.02. The molecule has 0 rings (SSSR count). The lowest BCUT2D eigenvalue weighted by molar-refractivity contribution is -0.149. The number of carbonyl (C=O) groups excluding carboxylic acids is 1. The zero-order valence-electron chi connectivity index (χ0n) is 10.6. The normalized spacial score (nSPS) is 14.1. The summed E-state index contributed by atoms with van der Waals surface area (Å²) in [6, 6.07) is -1.48. The van der Waals surface area contributed by atoms with Gasteiger partial charge in [0, 0.05) is 6.54 Å². The molecule has 6 heteroatoms. The highest BCUT2D eigenvalue weighted by Crippen LogP contribution is 2.06. The van der Waals surface area contributed by atoms with Gasteiger partial charge in [0.15, 0.2) is 0 Å². The first-order valence-corrected chi connectivity index (χ1v) is 5.94. The molecule has 0 fully saturated rings. The summed E-state index contributed by atoms with van der Waals surface area (Å²) in [7, 11) is 0. The molecule has 100 valence electrons. The van der Waals surface area contributed by atoms with Crippen LogP contribution in [0.4, 0.5) is 0 Å². The second-order valence-corrected chi connectivity index (χ2v) is 4.03. The quantitative estimate of drug-likeness (QED) is 0.511. The molecule has 0 aliphatic heterocycles. The third-order valence-electron chi connectivity index (χ3n) is 2.74. The van der Waals surface area contributed by atoms with Crippen molar-refractivity contribution in [3.63, 3.8) is 0 Å². The van der Waals surface area contributed by atoms with E-state index in [0.717, 1.165) is 12.8 Å². The number of rotatable bonds is 8. The van der Waals surface area contributed by atoms with Crippen LogP contribution >= 0.6 is 0 Å². The molecule has 0 saturated heterocycles. The number of nitrogens with zero attached hydrogens (tertiary/aromatic N) is 1. The highest BCUT2D eigenvalue weighted by atomic mass is 16.4. The first-order chi connectivity index (χ1) is 7.95. The molecule has 0 radical (unpaired) electrons. The Balaban J connectivity index is 4.37. The first kappa shape index (κ1) is 15.9. The largest absolute Gasteiger partial charge is 0.480 e. The third kappa shape index (κ3) is 5.14. The Labute approximate surface area is 102 Å². The van der Waals surface area contributed by atoms with E-state index >= 15 is 0 Å². The molecule has 0 saturated carbocycles. The van der Waals surface area contributed by atoms with E-state index < -0.39 is 18.1 Å². The molecule has 0 bridgehead atoms. The summed E-state index contributed by atoms with van der Waals surface area (Å²) in [6.45, 7) is 4.14. The van der Waals surface area contributed by atoms with Gasteiger partial charge in [-0.05, 0) is 33.2 Å². The van der Waals surface area contributed by atoms with Crippen molar-refractivity contribution in [2.75, 3.05) is 13.1 Å². The standard InChI is InChI=1S/C11H23N3O3/c1-3-14(8(2)11(16)17)10(15)9(13)6-4-5-7-12/h8-9H,3-7,12-13H2,1-2H3,(H,16,17)/t8-,9-/m0/s1. The molecular formula is C11H23N3O3. The van der Waals surface area contributed by atoms with Gasteiger partial charge in [0.25, 0.3) is 0 Å². The van der Waals surface area contributed by atoms with Crippen molar-refractivity contribution in [1.82, 2.24) is 4.90 Å². The zero-order chi connectivity index (χ0) is 13.4. The van der Waals surface area contributed by atoms with Gasteiger partial charge < -0.3 is 21.5 Å². The Morgan fingerprint density at radius 3 is 2.35 bits per heavy atom. The van der Waals surface area contributed by atoms with Crippen LogP contribution in [0.1, 0.15) is 33.1 Å². The van der Waals surface area contributed by atoms with Gasteiger partial charge in [-0.3, -0.25) is 4.79 Å². The molecule has 0 heterocycles. The van der Waals surface area contributed by atoms with Crippen LogP contribution in [-0.2, 0) is 9.59 Å². The average molecular weight is 245 g/mol. The summed E-state index contributed by atoms with van der Waals surface area (Å²) in [5.74, 6) is -1.33. The molecule has 17 heavy (non-hydrogen) atoms. The molecule has 0 spiro atoms. The summed E-state index contributed by atoms with van der Waals surface area (Å²) >= 11 is 0. The van der Waals surface area contributed by atoms with Crippen molar-refractivity contribution in [2.45, 2.75) is 45.2 Å². The Morgan fingerprint density at radius 1 is 1.35 bits per heavy atom. The molecule has 6 nitrogen and oxygen atoms in total. The number of hydrogen-bond acceptors (Lipinski definition) is 4. The van der Waals surface area contributed by atoms with Gasteiger partial charge in [-0.15, -0.1) is 0 Å². The van der Waals surface area contributed by atoms with Crippen LogP contribution in [0.3, 0.4) is 0 Å². The van der Waals surface area contributed by atoms with Crippen molar-refractivity contribution in [1.29, 1.82) is 0 Å². The maximum atomic E-state index is 11.9. The Morgan fingerprint density at radius 2 is 1.94 bits per heavy atom. The number of carboxylic acids is 1. The van der Waals surface area contributed by atoms with E-state index in [-0.39, 0.29) is 5.91 Å². The molecule has 0 aliphatic rings. The maximum absolute atomic E-state index is 11.9. The Kier molecular flexibility index (Phi) is 7.49. The van der Waals surface area contributed by atoms with E-state index in [4.69, 9.17) is 16.6 Å². The highest BCUT2D eigenvalue weighted by Gasteiger charge is 2.27. The first-order valence-electron chi connectivity index (χ1n) is 5.94. The fourth-order valence-corrected chi connectivity index (χ4v) is 1.60. The summed E-state index contributed by atoms with van der Waals surface area (Å²) in [6.07, 6.45) is 2.14. The number of nitrogens with two attached hydrogens (primary N) is 2. The zero-order valence-corrected chi connectivity index (χ0v) is 10.6. The fraction of sp³-hybridized carbons (Fsp3) is 0.818. The van der Waals surface area contributed by atoms with Gasteiger partial charge >= 0.3 is 5.97 Å². The topological polar surface area (TPSA) is 110 Å². The van der Waals surface area contributed by atoms with E-state index in [2.05, 4.69) is 0 Å². The number of amides is 1. The number of unbranched alkanes of at least 4 members (excludes halogenated alkanes) is 1. The highest BCUT2D eigenvalue weighted by molar-refractivity contribution is 5.86. The van der Waals surface area contributed by atoms with E-state index in [1.165, 1.54) is 11.8 Å². The predicted octanol–water partition coefficient (Wildman–Crippen LogP) is -0.236. The van der Waals surface area contributed by atoms with Crippen molar-refractivity contribution in [3.05, 3.63) is 0 Å². The molecule has 1 amide bonds. The van der Waals surface area contributed by atoms with E-state index in [0.29, 0.717) is 19.5 Å². The Bertz CT molecular complexity index is 258. The average Bonchev–Trinajstić information content (AvgIpc) is 2.29. The SMILES string of the molecule is CCN(C(=O)[C@@H](N)CCCCN)[C@@H](C)C(=O)O. The van der Waals surface area contributed by atoms with Gasteiger partial charge in [-0.2, -0.15) is 0 Å². The van der Waals surface area contributed by atoms with Gasteiger partial charge in [-0.25, -0.2) is 4.79 Å².